The van der Waals surface area contributed by atoms with Crippen LogP contribution in [0.3, 0.4) is 0 Å². The summed E-state index contributed by atoms with van der Waals surface area (Å²) in [6.45, 7) is 7.52. The topological polar surface area (TPSA) is 95.9 Å². The zero-order valence-electron chi connectivity index (χ0n) is 15.8. The Bertz CT molecular complexity index is 630. The third-order valence-corrected chi connectivity index (χ3v) is 3.86. The average Bonchev–Trinajstić information content (AvgIpc) is 2.54. The molecule has 1 unspecified atom stereocenters. The highest BCUT2D eigenvalue weighted by Gasteiger charge is 2.25. The highest BCUT2D eigenvalue weighted by atomic mass is 16.5. The summed E-state index contributed by atoms with van der Waals surface area (Å²) in [6, 6.07) is 6.57. The molecule has 0 aliphatic rings. The van der Waals surface area contributed by atoms with Crippen molar-refractivity contribution in [1.29, 1.82) is 0 Å². The number of nitrogens with one attached hydrogen (secondary N) is 1. The number of carboxylic acids is 1. The van der Waals surface area contributed by atoms with Crippen molar-refractivity contribution in [2.24, 2.45) is 0 Å². The van der Waals surface area contributed by atoms with Gasteiger partial charge < -0.3 is 20.1 Å². The number of hydrogen-bond donors (Lipinski definition) is 2. The molecule has 0 radical (unpaired) electrons. The van der Waals surface area contributed by atoms with E-state index in [1.807, 2.05) is 39.0 Å². The maximum absolute atomic E-state index is 12.8. The molecule has 1 aromatic rings. The molecule has 1 rings (SSSR count). The second kappa shape index (κ2) is 10.4. The molecular formula is C19H28N2O5. The molecule has 0 aliphatic heterocycles. The molecule has 7 nitrogen and oxygen atoms in total. The number of carbonyl (C=O) groups is 3. The fraction of sp³-hybridized carbons (Fsp3) is 0.526. The van der Waals surface area contributed by atoms with Crippen LogP contribution in [0.15, 0.2) is 24.3 Å². The third kappa shape index (κ3) is 6.74. The van der Waals surface area contributed by atoms with Gasteiger partial charge in [-0.2, -0.15) is 0 Å². The van der Waals surface area contributed by atoms with Gasteiger partial charge in [-0.15, -0.1) is 0 Å². The zero-order valence-corrected chi connectivity index (χ0v) is 15.8. The third-order valence-electron chi connectivity index (χ3n) is 3.86. The van der Waals surface area contributed by atoms with Crippen molar-refractivity contribution in [1.82, 2.24) is 10.2 Å². The van der Waals surface area contributed by atoms with E-state index >= 15 is 0 Å². The second-order valence-corrected chi connectivity index (χ2v) is 6.25. The minimum Gasteiger partial charge on any atom is -0.494 e. The molecule has 0 bridgehead atoms. The number of amides is 2. The van der Waals surface area contributed by atoms with Crippen molar-refractivity contribution in [2.45, 2.75) is 52.6 Å². The highest BCUT2D eigenvalue weighted by Crippen LogP contribution is 2.28. The standard InChI is InChI=1S/C19H28N2O5/c1-5-26-17-9-7-6-8-15(17)16(20-14(4)22)12-18(23)21(13(2)3)11-10-19(24)25/h6-9,13,16H,5,10-12H2,1-4H3,(H,20,22)(H,24,25). The van der Waals surface area contributed by atoms with Gasteiger partial charge >= 0.3 is 5.97 Å². The van der Waals surface area contributed by atoms with Crippen molar-refractivity contribution in [3.05, 3.63) is 29.8 Å². The van der Waals surface area contributed by atoms with Crippen LogP contribution in [0.1, 0.15) is 52.1 Å². The van der Waals surface area contributed by atoms with Gasteiger partial charge in [0.2, 0.25) is 11.8 Å². The minimum absolute atomic E-state index is 0.0292. The predicted octanol–water partition coefficient (Wildman–Crippen LogP) is 2.36. The predicted molar refractivity (Wildman–Crippen MR) is 97.9 cm³/mol. The summed E-state index contributed by atoms with van der Waals surface area (Å²) in [5.41, 5.74) is 0.722. The van der Waals surface area contributed by atoms with E-state index in [-0.39, 0.29) is 37.2 Å². The second-order valence-electron chi connectivity index (χ2n) is 6.25. The summed E-state index contributed by atoms with van der Waals surface area (Å²) in [5.74, 6) is -0.811. The minimum atomic E-state index is -0.955. The van der Waals surface area contributed by atoms with Crippen LogP contribution >= 0.6 is 0 Å². The molecule has 1 atom stereocenters. The van der Waals surface area contributed by atoms with Crippen LogP contribution < -0.4 is 10.1 Å². The Morgan fingerprint density at radius 2 is 1.88 bits per heavy atom. The maximum atomic E-state index is 12.8. The summed E-state index contributed by atoms with van der Waals surface area (Å²) in [6.07, 6.45) is -0.0915. The van der Waals surface area contributed by atoms with Crippen molar-refractivity contribution >= 4 is 17.8 Å². The van der Waals surface area contributed by atoms with Crippen LogP contribution in [0.25, 0.3) is 0 Å². The van der Waals surface area contributed by atoms with Gasteiger partial charge in [0, 0.05) is 25.1 Å². The Kier molecular flexibility index (Phi) is 8.61. The molecule has 0 aliphatic carbocycles. The summed E-state index contributed by atoms with van der Waals surface area (Å²) >= 11 is 0. The first-order valence-corrected chi connectivity index (χ1v) is 8.76. The molecule has 0 saturated heterocycles. The Morgan fingerprint density at radius 1 is 1.23 bits per heavy atom. The SMILES string of the molecule is CCOc1ccccc1C(CC(=O)N(CCC(=O)O)C(C)C)NC(C)=O. The average molecular weight is 364 g/mol. The van der Waals surface area contributed by atoms with Crippen molar-refractivity contribution in [2.75, 3.05) is 13.2 Å². The Balaban J connectivity index is 3.04. The molecule has 26 heavy (non-hydrogen) atoms. The van der Waals surface area contributed by atoms with Gasteiger partial charge in [-0.1, -0.05) is 18.2 Å². The van der Waals surface area contributed by atoms with Gasteiger partial charge in [0.15, 0.2) is 0 Å². The first kappa shape index (κ1) is 21.5. The van der Waals surface area contributed by atoms with Gasteiger partial charge in [-0.05, 0) is 26.8 Å². The molecule has 2 N–H and O–H groups in total. The van der Waals surface area contributed by atoms with E-state index in [2.05, 4.69) is 5.32 Å². The molecule has 7 heteroatoms. The van der Waals surface area contributed by atoms with Gasteiger partial charge in [0.25, 0.3) is 0 Å². The lowest BCUT2D eigenvalue weighted by molar-refractivity contribution is -0.139. The number of benzene rings is 1. The lowest BCUT2D eigenvalue weighted by Crippen LogP contribution is -2.41. The number of rotatable bonds is 10. The number of ether oxygens (including phenoxy) is 1. The fourth-order valence-corrected chi connectivity index (χ4v) is 2.72. The van der Waals surface area contributed by atoms with Gasteiger partial charge in [0.1, 0.15) is 5.75 Å². The number of carboxylic acid groups (broad SMARTS) is 1. The van der Waals surface area contributed by atoms with Crippen molar-refractivity contribution in [3.8, 4) is 5.75 Å². The van der Waals surface area contributed by atoms with Crippen molar-refractivity contribution < 1.29 is 24.2 Å². The zero-order chi connectivity index (χ0) is 19.7. The highest BCUT2D eigenvalue weighted by molar-refractivity contribution is 5.80. The molecular weight excluding hydrogens is 336 g/mol. The van der Waals surface area contributed by atoms with E-state index in [0.717, 1.165) is 5.56 Å². The van der Waals surface area contributed by atoms with Crippen LogP contribution in [0, 0.1) is 0 Å². The lowest BCUT2D eigenvalue weighted by atomic mass is 10.0. The van der Waals surface area contributed by atoms with Crippen LogP contribution in [0.4, 0.5) is 0 Å². The lowest BCUT2D eigenvalue weighted by Gasteiger charge is -2.29. The van der Waals surface area contributed by atoms with Gasteiger partial charge in [0.05, 0.1) is 25.5 Å². The van der Waals surface area contributed by atoms with Gasteiger partial charge in [-0.3, -0.25) is 14.4 Å². The molecule has 0 spiro atoms. The summed E-state index contributed by atoms with van der Waals surface area (Å²) < 4.78 is 5.61. The molecule has 2 amide bonds. The maximum Gasteiger partial charge on any atom is 0.305 e. The number of aliphatic carboxylic acids is 1. The molecule has 1 aromatic carbocycles. The molecule has 0 fully saturated rings. The number of para-hydroxylation sites is 1. The Hall–Kier alpha value is -2.57. The van der Waals surface area contributed by atoms with E-state index < -0.39 is 12.0 Å². The number of carbonyl (C=O) groups excluding carboxylic acids is 2. The molecule has 0 saturated carbocycles. The number of nitrogens with zero attached hydrogens (tertiary/aromatic N) is 1. The summed E-state index contributed by atoms with van der Waals surface area (Å²) in [4.78, 5) is 36.8. The molecule has 0 heterocycles. The summed E-state index contributed by atoms with van der Waals surface area (Å²) in [7, 11) is 0. The smallest absolute Gasteiger partial charge is 0.305 e. The normalized spacial score (nSPS) is 11.7. The van der Waals surface area contributed by atoms with E-state index in [1.165, 1.54) is 11.8 Å². The monoisotopic (exact) mass is 364 g/mol. The summed E-state index contributed by atoms with van der Waals surface area (Å²) in [5, 5.41) is 11.7. The first-order valence-electron chi connectivity index (χ1n) is 8.76. The number of hydrogen-bond acceptors (Lipinski definition) is 4. The van der Waals surface area contributed by atoms with E-state index in [0.29, 0.717) is 12.4 Å². The van der Waals surface area contributed by atoms with E-state index in [4.69, 9.17) is 9.84 Å². The molecule has 0 aromatic heterocycles. The quantitative estimate of drug-likeness (QED) is 0.664. The van der Waals surface area contributed by atoms with Crippen LogP contribution in [-0.4, -0.2) is 47.0 Å². The fourth-order valence-electron chi connectivity index (χ4n) is 2.72. The van der Waals surface area contributed by atoms with Gasteiger partial charge in [-0.25, -0.2) is 0 Å². The Labute approximate surface area is 154 Å². The Morgan fingerprint density at radius 3 is 2.42 bits per heavy atom. The van der Waals surface area contributed by atoms with Crippen LogP contribution in [-0.2, 0) is 14.4 Å². The van der Waals surface area contributed by atoms with Crippen LogP contribution in [0.5, 0.6) is 5.75 Å². The first-order chi connectivity index (χ1) is 12.3. The van der Waals surface area contributed by atoms with Crippen LogP contribution in [0.2, 0.25) is 0 Å². The van der Waals surface area contributed by atoms with E-state index in [1.54, 1.807) is 6.07 Å². The van der Waals surface area contributed by atoms with Crippen molar-refractivity contribution in [3.63, 3.8) is 0 Å². The van der Waals surface area contributed by atoms with E-state index in [9.17, 15) is 14.4 Å². The largest absolute Gasteiger partial charge is 0.494 e. The molecule has 144 valence electrons.